The predicted octanol–water partition coefficient (Wildman–Crippen LogP) is 3.17. The molecule has 0 aromatic heterocycles. The lowest BCUT2D eigenvalue weighted by atomic mass is 10.1. The Bertz CT molecular complexity index is 976. The number of amides is 2. The van der Waals surface area contributed by atoms with E-state index in [-0.39, 0.29) is 29.2 Å². The average Bonchev–Trinajstić information content (AvgIpc) is 2.72. The number of hydrogen-bond donors (Lipinski definition) is 2. The van der Waals surface area contributed by atoms with Crippen LogP contribution in [0.2, 0.25) is 0 Å². The molecule has 0 unspecified atom stereocenters. The van der Waals surface area contributed by atoms with Gasteiger partial charge in [-0.15, -0.1) is 5.10 Å². The monoisotopic (exact) mass is 414 g/mol. The number of halogens is 1. The van der Waals surface area contributed by atoms with E-state index in [1.165, 1.54) is 12.1 Å². The molecule has 1 fully saturated rings. The van der Waals surface area contributed by atoms with Crippen LogP contribution >= 0.6 is 11.8 Å². The standard InChI is InChI=1S/C20H19FN4O3S/c1-12(13-6-8-14(21)9-7-13)24-25-20-23-18(26)11-17(29-20)19(27)22-15-4-3-5-16(10-15)28-2/h3-10,17H,11H2,1-2H3,(H,22,27)(H,23,25,26)/b24-12+/t17-/m0/s1. The molecule has 2 amide bonds. The molecule has 9 heteroatoms. The smallest absolute Gasteiger partial charge is 0.238 e. The predicted molar refractivity (Wildman–Crippen MR) is 112 cm³/mol. The topological polar surface area (TPSA) is 92.1 Å². The molecular weight excluding hydrogens is 395 g/mol. The number of anilines is 1. The van der Waals surface area contributed by atoms with Crippen molar-refractivity contribution < 1.29 is 18.7 Å². The fourth-order valence-corrected chi connectivity index (χ4v) is 3.46. The molecule has 1 aliphatic heterocycles. The SMILES string of the molecule is COc1cccc(NC(=O)[C@@H]2CC(=O)N/C(=N\N=C(/C)c3ccc(F)cc3)S2)c1. The van der Waals surface area contributed by atoms with Crippen molar-refractivity contribution in [3.8, 4) is 5.75 Å². The molecule has 0 aliphatic carbocycles. The van der Waals surface area contributed by atoms with Gasteiger partial charge in [-0.3, -0.25) is 9.59 Å². The molecule has 0 saturated carbocycles. The molecule has 1 aliphatic rings. The van der Waals surface area contributed by atoms with Gasteiger partial charge in [-0.05, 0) is 36.8 Å². The summed E-state index contributed by atoms with van der Waals surface area (Å²) in [5, 5.41) is 13.1. The minimum atomic E-state index is -0.643. The number of rotatable bonds is 5. The lowest BCUT2D eigenvalue weighted by molar-refractivity contribution is -0.123. The molecule has 2 aromatic carbocycles. The van der Waals surface area contributed by atoms with Crippen LogP contribution in [0, 0.1) is 5.82 Å². The second kappa shape index (κ2) is 9.33. The Morgan fingerprint density at radius 3 is 2.76 bits per heavy atom. The molecule has 0 bridgehead atoms. The minimum Gasteiger partial charge on any atom is -0.497 e. The summed E-state index contributed by atoms with van der Waals surface area (Å²) in [7, 11) is 1.54. The van der Waals surface area contributed by atoms with Crippen molar-refractivity contribution in [2.75, 3.05) is 12.4 Å². The number of hydrogen-bond acceptors (Lipinski definition) is 6. The van der Waals surface area contributed by atoms with Gasteiger partial charge in [-0.25, -0.2) is 4.39 Å². The van der Waals surface area contributed by atoms with E-state index in [0.29, 0.717) is 22.7 Å². The largest absolute Gasteiger partial charge is 0.497 e. The van der Waals surface area contributed by atoms with Crippen LogP contribution < -0.4 is 15.4 Å². The number of thioether (sulfide) groups is 1. The van der Waals surface area contributed by atoms with E-state index in [9.17, 15) is 14.0 Å². The summed E-state index contributed by atoms with van der Waals surface area (Å²) >= 11 is 1.12. The fourth-order valence-electron chi connectivity index (χ4n) is 2.53. The number of benzene rings is 2. The summed E-state index contributed by atoms with van der Waals surface area (Å²) in [6.07, 6.45) is 0.0279. The van der Waals surface area contributed by atoms with E-state index in [1.54, 1.807) is 50.4 Å². The molecule has 0 spiro atoms. The summed E-state index contributed by atoms with van der Waals surface area (Å²) in [6, 6.07) is 12.8. The Morgan fingerprint density at radius 1 is 1.28 bits per heavy atom. The molecule has 3 rings (SSSR count). The van der Waals surface area contributed by atoms with Gasteiger partial charge in [0.1, 0.15) is 16.8 Å². The van der Waals surface area contributed by atoms with Crippen LogP contribution in [0.5, 0.6) is 5.75 Å². The molecule has 0 radical (unpaired) electrons. The number of carbonyl (C=O) groups is 2. The molecule has 150 valence electrons. The summed E-state index contributed by atoms with van der Waals surface area (Å²) in [5.74, 6) is -0.356. The van der Waals surface area contributed by atoms with Crippen molar-refractivity contribution in [1.82, 2.24) is 5.32 Å². The van der Waals surface area contributed by atoms with Gasteiger partial charge in [0.25, 0.3) is 0 Å². The molecule has 29 heavy (non-hydrogen) atoms. The van der Waals surface area contributed by atoms with Gasteiger partial charge in [0, 0.05) is 18.2 Å². The Kier molecular flexibility index (Phi) is 6.61. The number of ether oxygens (including phenoxy) is 1. The number of nitrogens with zero attached hydrogens (tertiary/aromatic N) is 2. The van der Waals surface area contributed by atoms with Crippen LogP contribution in [0.1, 0.15) is 18.9 Å². The zero-order chi connectivity index (χ0) is 20.8. The van der Waals surface area contributed by atoms with Crippen molar-refractivity contribution in [1.29, 1.82) is 0 Å². The van der Waals surface area contributed by atoms with E-state index in [0.717, 1.165) is 11.8 Å². The summed E-state index contributed by atoms with van der Waals surface area (Å²) in [6.45, 7) is 1.72. The van der Waals surface area contributed by atoms with Crippen LogP contribution in [0.3, 0.4) is 0 Å². The minimum absolute atomic E-state index is 0.0279. The number of carbonyl (C=O) groups excluding carboxylic acids is 2. The quantitative estimate of drug-likeness (QED) is 0.581. The van der Waals surface area contributed by atoms with E-state index < -0.39 is 5.25 Å². The first kappa shape index (κ1) is 20.5. The van der Waals surface area contributed by atoms with Crippen molar-refractivity contribution >= 4 is 40.1 Å². The van der Waals surface area contributed by atoms with Gasteiger partial charge < -0.3 is 15.4 Å². The van der Waals surface area contributed by atoms with Crippen LogP contribution in [-0.4, -0.2) is 35.1 Å². The third-order valence-electron chi connectivity index (χ3n) is 4.05. The third-order valence-corrected chi connectivity index (χ3v) is 5.13. The highest BCUT2D eigenvalue weighted by Crippen LogP contribution is 2.24. The molecule has 1 heterocycles. The summed E-state index contributed by atoms with van der Waals surface area (Å²) < 4.78 is 18.2. The normalized spacial score (nSPS) is 18.3. The molecule has 7 nitrogen and oxygen atoms in total. The van der Waals surface area contributed by atoms with Crippen molar-refractivity contribution in [2.24, 2.45) is 10.2 Å². The maximum absolute atomic E-state index is 13.0. The lowest BCUT2D eigenvalue weighted by Crippen LogP contribution is -2.41. The Balaban J connectivity index is 1.69. The number of nitrogens with one attached hydrogen (secondary N) is 2. The average molecular weight is 414 g/mol. The Morgan fingerprint density at radius 2 is 2.03 bits per heavy atom. The molecule has 2 N–H and O–H groups in total. The highest BCUT2D eigenvalue weighted by atomic mass is 32.2. The van der Waals surface area contributed by atoms with E-state index in [2.05, 4.69) is 20.8 Å². The number of methoxy groups -OCH3 is 1. The first-order chi connectivity index (χ1) is 13.9. The third kappa shape index (κ3) is 5.64. The fraction of sp³-hybridized carbons (Fsp3) is 0.200. The number of amidine groups is 1. The summed E-state index contributed by atoms with van der Waals surface area (Å²) in [4.78, 5) is 24.6. The Labute approximate surface area is 171 Å². The van der Waals surface area contributed by atoms with E-state index in [4.69, 9.17) is 4.74 Å². The van der Waals surface area contributed by atoms with Crippen LogP contribution in [0.15, 0.2) is 58.7 Å². The molecule has 1 saturated heterocycles. The Hall–Kier alpha value is -3.20. The zero-order valence-corrected chi connectivity index (χ0v) is 16.6. The van der Waals surface area contributed by atoms with Crippen LogP contribution in [0.25, 0.3) is 0 Å². The van der Waals surface area contributed by atoms with E-state index >= 15 is 0 Å². The summed E-state index contributed by atoms with van der Waals surface area (Å²) in [5.41, 5.74) is 1.83. The highest BCUT2D eigenvalue weighted by molar-refractivity contribution is 8.15. The van der Waals surface area contributed by atoms with Crippen molar-refractivity contribution in [2.45, 2.75) is 18.6 Å². The maximum atomic E-state index is 13.0. The van der Waals surface area contributed by atoms with Crippen LogP contribution in [-0.2, 0) is 9.59 Å². The van der Waals surface area contributed by atoms with Crippen LogP contribution in [0.4, 0.5) is 10.1 Å². The van der Waals surface area contributed by atoms with Crippen molar-refractivity contribution in [3.05, 3.63) is 59.9 Å². The van der Waals surface area contributed by atoms with Gasteiger partial charge in [0.2, 0.25) is 11.8 Å². The lowest BCUT2D eigenvalue weighted by Gasteiger charge is -2.21. The molecule has 2 aromatic rings. The maximum Gasteiger partial charge on any atom is 0.238 e. The first-order valence-corrected chi connectivity index (χ1v) is 9.62. The van der Waals surface area contributed by atoms with Gasteiger partial charge in [0.15, 0.2) is 5.17 Å². The molecule has 1 atom stereocenters. The van der Waals surface area contributed by atoms with E-state index in [1.807, 2.05) is 0 Å². The second-order valence-electron chi connectivity index (χ2n) is 6.18. The van der Waals surface area contributed by atoms with Gasteiger partial charge >= 0.3 is 0 Å². The second-order valence-corrected chi connectivity index (χ2v) is 7.37. The van der Waals surface area contributed by atoms with Gasteiger partial charge in [-0.2, -0.15) is 5.10 Å². The first-order valence-electron chi connectivity index (χ1n) is 8.74. The molecular formula is C20H19FN4O3S. The zero-order valence-electron chi connectivity index (χ0n) is 15.8. The van der Waals surface area contributed by atoms with Crippen molar-refractivity contribution in [3.63, 3.8) is 0 Å². The highest BCUT2D eigenvalue weighted by Gasteiger charge is 2.30. The van der Waals surface area contributed by atoms with Gasteiger partial charge in [0.05, 0.1) is 12.8 Å². The van der Waals surface area contributed by atoms with Gasteiger partial charge in [-0.1, -0.05) is 30.0 Å².